The fourth-order valence-corrected chi connectivity index (χ4v) is 2.19. The third-order valence-corrected chi connectivity index (χ3v) is 3.51. The smallest absolute Gasteiger partial charge is 0.0951 e. The Morgan fingerprint density at radius 2 is 1.89 bits per heavy atom. The van der Waals surface area contributed by atoms with Crippen LogP contribution in [-0.4, -0.2) is 9.55 Å². The van der Waals surface area contributed by atoms with Crippen LogP contribution in [0.5, 0.6) is 0 Å². The van der Waals surface area contributed by atoms with Gasteiger partial charge < -0.3 is 9.88 Å². The molecule has 2 aromatic rings. The van der Waals surface area contributed by atoms with E-state index in [2.05, 4.69) is 47.8 Å². The molecule has 1 aromatic carbocycles. The standard InChI is InChI=1S/C15H20ClN3/c1-11(2)19-10-17-8-15(19)9-18-12(3)13-4-6-14(16)7-5-13/h4-8,10-12,18H,9H2,1-3H3/t12-/m0/s1. The van der Waals surface area contributed by atoms with Gasteiger partial charge in [0.15, 0.2) is 0 Å². The summed E-state index contributed by atoms with van der Waals surface area (Å²) >= 11 is 5.90. The molecule has 3 nitrogen and oxygen atoms in total. The van der Waals surface area contributed by atoms with Gasteiger partial charge >= 0.3 is 0 Å². The van der Waals surface area contributed by atoms with Gasteiger partial charge in [-0.15, -0.1) is 0 Å². The fraction of sp³-hybridized carbons (Fsp3) is 0.400. The Hall–Kier alpha value is -1.32. The molecule has 0 amide bonds. The summed E-state index contributed by atoms with van der Waals surface area (Å²) in [7, 11) is 0. The molecule has 1 N–H and O–H groups in total. The van der Waals surface area contributed by atoms with Crippen LogP contribution in [0, 0.1) is 0 Å². The molecule has 1 heterocycles. The van der Waals surface area contributed by atoms with Crippen LogP contribution >= 0.6 is 11.6 Å². The molecule has 0 bridgehead atoms. The van der Waals surface area contributed by atoms with E-state index in [1.807, 2.05) is 24.7 Å². The van der Waals surface area contributed by atoms with Gasteiger partial charge in [0.1, 0.15) is 0 Å². The molecule has 0 saturated carbocycles. The minimum atomic E-state index is 0.285. The van der Waals surface area contributed by atoms with Crippen molar-refractivity contribution in [3.63, 3.8) is 0 Å². The monoisotopic (exact) mass is 277 g/mol. The van der Waals surface area contributed by atoms with Crippen molar-refractivity contribution in [3.05, 3.63) is 53.1 Å². The Bertz CT molecular complexity index is 516. The van der Waals surface area contributed by atoms with Gasteiger partial charge in [-0.1, -0.05) is 23.7 Å². The van der Waals surface area contributed by atoms with Crippen LogP contribution in [0.2, 0.25) is 5.02 Å². The topological polar surface area (TPSA) is 29.9 Å². The van der Waals surface area contributed by atoms with Crippen LogP contribution in [0.15, 0.2) is 36.8 Å². The molecule has 0 fully saturated rings. The fourth-order valence-electron chi connectivity index (χ4n) is 2.06. The zero-order chi connectivity index (χ0) is 13.8. The highest BCUT2D eigenvalue weighted by Crippen LogP contribution is 2.17. The van der Waals surface area contributed by atoms with Gasteiger partial charge in [-0.05, 0) is 38.5 Å². The van der Waals surface area contributed by atoms with Crippen molar-refractivity contribution in [1.29, 1.82) is 0 Å². The predicted octanol–water partition coefficient (Wildman–Crippen LogP) is 3.97. The average molecular weight is 278 g/mol. The summed E-state index contributed by atoms with van der Waals surface area (Å²) in [5.74, 6) is 0. The van der Waals surface area contributed by atoms with Gasteiger partial charge in [0.25, 0.3) is 0 Å². The van der Waals surface area contributed by atoms with Crippen molar-refractivity contribution in [3.8, 4) is 0 Å². The van der Waals surface area contributed by atoms with Gasteiger partial charge in [-0.3, -0.25) is 0 Å². The highest BCUT2D eigenvalue weighted by molar-refractivity contribution is 6.30. The van der Waals surface area contributed by atoms with Crippen LogP contribution in [0.25, 0.3) is 0 Å². The second-order valence-corrected chi connectivity index (χ2v) is 5.48. The Morgan fingerprint density at radius 1 is 1.21 bits per heavy atom. The molecule has 4 heteroatoms. The maximum atomic E-state index is 5.90. The number of aromatic nitrogens is 2. The van der Waals surface area contributed by atoms with E-state index in [-0.39, 0.29) is 6.04 Å². The first-order valence-electron chi connectivity index (χ1n) is 6.57. The SMILES string of the molecule is CC(C)n1cncc1CN[C@@H](C)c1ccc(Cl)cc1. The van der Waals surface area contributed by atoms with E-state index in [1.165, 1.54) is 11.3 Å². The van der Waals surface area contributed by atoms with E-state index in [0.29, 0.717) is 6.04 Å². The first-order valence-corrected chi connectivity index (χ1v) is 6.95. The second kappa shape index (κ2) is 6.22. The summed E-state index contributed by atoms with van der Waals surface area (Å²) in [6.07, 6.45) is 3.80. The van der Waals surface area contributed by atoms with Gasteiger partial charge in [-0.25, -0.2) is 4.98 Å². The summed E-state index contributed by atoms with van der Waals surface area (Å²) in [6.45, 7) is 7.28. The number of benzene rings is 1. The number of hydrogen-bond donors (Lipinski definition) is 1. The molecule has 0 spiro atoms. The average Bonchev–Trinajstić information content (AvgIpc) is 2.85. The predicted molar refractivity (Wildman–Crippen MR) is 79.3 cm³/mol. The maximum absolute atomic E-state index is 5.90. The Balaban J connectivity index is 1.98. The van der Waals surface area contributed by atoms with Crippen LogP contribution in [0.1, 0.15) is 44.1 Å². The van der Waals surface area contributed by atoms with Crippen molar-refractivity contribution < 1.29 is 0 Å². The van der Waals surface area contributed by atoms with Crippen LogP contribution in [-0.2, 0) is 6.54 Å². The van der Waals surface area contributed by atoms with Gasteiger partial charge in [-0.2, -0.15) is 0 Å². The van der Waals surface area contributed by atoms with Gasteiger partial charge in [0.2, 0.25) is 0 Å². The zero-order valence-corrected chi connectivity index (χ0v) is 12.4. The Kier molecular flexibility index (Phi) is 4.61. The van der Waals surface area contributed by atoms with Crippen molar-refractivity contribution in [2.75, 3.05) is 0 Å². The lowest BCUT2D eigenvalue weighted by Crippen LogP contribution is -2.20. The molecule has 19 heavy (non-hydrogen) atoms. The number of hydrogen-bond acceptors (Lipinski definition) is 2. The van der Waals surface area contributed by atoms with E-state index in [4.69, 9.17) is 11.6 Å². The molecule has 0 saturated heterocycles. The van der Waals surface area contributed by atoms with Crippen molar-refractivity contribution >= 4 is 11.6 Å². The van der Waals surface area contributed by atoms with E-state index in [0.717, 1.165) is 11.6 Å². The molecule has 2 rings (SSSR count). The molecular weight excluding hydrogens is 258 g/mol. The lowest BCUT2D eigenvalue weighted by molar-refractivity contribution is 0.518. The Labute approximate surface area is 119 Å². The zero-order valence-electron chi connectivity index (χ0n) is 11.6. The second-order valence-electron chi connectivity index (χ2n) is 5.04. The number of nitrogens with zero attached hydrogens (tertiary/aromatic N) is 2. The number of halogens is 1. The minimum absolute atomic E-state index is 0.285. The van der Waals surface area contributed by atoms with Gasteiger partial charge in [0.05, 0.1) is 12.0 Å². The van der Waals surface area contributed by atoms with Crippen LogP contribution in [0.4, 0.5) is 0 Å². The lowest BCUT2D eigenvalue weighted by atomic mass is 10.1. The molecule has 0 aliphatic carbocycles. The van der Waals surface area contributed by atoms with Crippen LogP contribution < -0.4 is 5.32 Å². The largest absolute Gasteiger partial charge is 0.331 e. The molecule has 0 aliphatic rings. The molecule has 0 aliphatic heterocycles. The summed E-state index contributed by atoms with van der Waals surface area (Å²) in [4.78, 5) is 4.21. The third-order valence-electron chi connectivity index (χ3n) is 3.26. The van der Waals surface area contributed by atoms with E-state index >= 15 is 0 Å². The number of nitrogens with one attached hydrogen (secondary N) is 1. The summed E-state index contributed by atoms with van der Waals surface area (Å²) in [6, 6.07) is 8.68. The summed E-state index contributed by atoms with van der Waals surface area (Å²) in [5, 5.41) is 4.28. The highest BCUT2D eigenvalue weighted by atomic mass is 35.5. The molecule has 1 aromatic heterocycles. The number of imidazole rings is 1. The van der Waals surface area contributed by atoms with E-state index in [9.17, 15) is 0 Å². The van der Waals surface area contributed by atoms with E-state index < -0.39 is 0 Å². The van der Waals surface area contributed by atoms with Crippen molar-refractivity contribution in [1.82, 2.24) is 14.9 Å². The normalized spacial score (nSPS) is 12.9. The van der Waals surface area contributed by atoms with Crippen LogP contribution in [0.3, 0.4) is 0 Å². The number of rotatable bonds is 5. The molecule has 0 radical (unpaired) electrons. The van der Waals surface area contributed by atoms with Crippen molar-refractivity contribution in [2.24, 2.45) is 0 Å². The van der Waals surface area contributed by atoms with Gasteiger partial charge in [0, 0.05) is 29.8 Å². The first-order chi connectivity index (χ1) is 9.08. The molecule has 1 atom stereocenters. The molecule has 102 valence electrons. The maximum Gasteiger partial charge on any atom is 0.0951 e. The first kappa shape index (κ1) is 14.1. The van der Waals surface area contributed by atoms with E-state index in [1.54, 1.807) is 0 Å². The summed E-state index contributed by atoms with van der Waals surface area (Å²) in [5.41, 5.74) is 2.44. The quantitative estimate of drug-likeness (QED) is 0.896. The van der Waals surface area contributed by atoms with Crippen molar-refractivity contribution in [2.45, 2.75) is 39.4 Å². The minimum Gasteiger partial charge on any atom is -0.331 e. The molecule has 0 unspecified atom stereocenters. The highest BCUT2D eigenvalue weighted by Gasteiger charge is 2.08. The lowest BCUT2D eigenvalue weighted by Gasteiger charge is -2.16. The third kappa shape index (κ3) is 3.58. The Morgan fingerprint density at radius 3 is 2.53 bits per heavy atom. The molecular formula is C15H20ClN3. The summed E-state index contributed by atoms with van der Waals surface area (Å²) < 4.78 is 2.18.